The second-order valence-electron chi connectivity index (χ2n) is 7.36. The summed E-state index contributed by atoms with van der Waals surface area (Å²) in [5.74, 6) is 0.514. The van der Waals surface area contributed by atoms with Gasteiger partial charge in [0.25, 0.3) is 0 Å². The predicted octanol–water partition coefficient (Wildman–Crippen LogP) is 3.61. The number of halogens is 1. The first-order valence-electron chi connectivity index (χ1n) is 8.88. The number of hydrogen-bond acceptors (Lipinski definition) is 2. The van der Waals surface area contributed by atoms with Crippen LogP contribution in [0, 0.1) is 11.7 Å². The Morgan fingerprint density at radius 2 is 1.95 bits per heavy atom. The van der Waals surface area contributed by atoms with E-state index in [0.29, 0.717) is 12.0 Å². The van der Waals surface area contributed by atoms with Gasteiger partial charge in [-0.05, 0) is 56.3 Å². The van der Waals surface area contributed by atoms with Crippen molar-refractivity contribution < 1.29 is 4.39 Å². The molecule has 1 saturated carbocycles. The Labute approximate surface area is 134 Å². The van der Waals surface area contributed by atoms with Crippen molar-refractivity contribution >= 4 is 0 Å². The highest BCUT2D eigenvalue weighted by Crippen LogP contribution is 2.24. The minimum absolute atomic E-state index is 0.112. The fourth-order valence-electron chi connectivity index (χ4n) is 4.31. The van der Waals surface area contributed by atoms with Crippen molar-refractivity contribution in [2.24, 2.45) is 5.92 Å². The molecule has 0 bridgehead atoms. The quantitative estimate of drug-likeness (QED) is 0.914. The van der Waals surface area contributed by atoms with Crippen LogP contribution in [0.1, 0.15) is 44.1 Å². The van der Waals surface area contributed by atoms with Crippen molar-refractivity contribution in [1.82, 2.24) is 10.2 Å². The smallest absolute Gasteiger partial charge is 0.123 e. The number of benzene rings is 1. The van der Waals surface area contributed by atoms with Crippen LogP contribution >= 0.6 is 0 Å². The summed E-state index contributed by atoms with van der Waals surface area (Å²) in [7, 11) is 2.22. The van der Waals surface area contributed by atoms with E-state index in [-0.39, 0.29) is 5.82 Å². The molecule has 2 unspecified atom stereocenters. The SMILES string of the molecule is CN1CC(Cc2cccc(F)c2)CC(NC2CCCCC2)C1. The minimum Gasteiger partial charge on any atom is -0.310 e. The molecule has 1 aromatic carbocycles. The monoisotopic (exact) mass is 304 g/mol. The van der Waals surface area contributed by atoms with E-state index in [0.717, 1.165) is 31.1 Å². The van der Waals surface area contributed by atoms with Crippen LogP contribution in [-0.4, -0.2) is 37.1 Å². The van der Waals surface area contributed by atoms with Gasteiger partial charge in [0.2, 0.25) is 0 Å². The first kappa shape index (κ1) is 15.9. The van der Waals surface area contributed by atoms with Gasteiger partial charge in [-0.2, -0.15) is 0 Å². The molecule has 0 aromatic heterocycles. The van der Waals surface area contributed by atoms with Crippen LogP contribution in [0.2, 0.25) is 0 Å². The normalized spacial score (nSPS) is 27.9. The van der Waals surface area contributed by atoms with Gasteiger partial charge in [-0.25, -0.2) is 4.39 Å². The van der Waals surface area contributed by atoms with Gasteiger partial charge in [0.05, 0.1) is 0 Å². The van der Waals surface area contributed by atoms with Crippen molar-refractivity contribution in [3.8, 4) is 0 Å². The maximum atomic E-state index is 13.4. The summed E-state index contributed by atoms with van der Waals surface area (Å²) in [6.07, 6.45) is 9.07. The zero-order valence-corrected chi connectivity index (χ0v) is 13.7. The third kappa shape index (κ3) is 4.53. The Morgan fingerprint density at radius 1 is 1.14 bits per heavy atom. The lowest BCUT2D eigenvalue weighted by atomic mass is 9.87. The van der Waals surface area contributed by atoms with E-state index in [9.17, 15) is 4.39 Å². The number of nitrogens with zero attached hydrogens (tertiary/aromatic N) is 1. The summed E-state index contributed by atoms with van der Waals surface area (Å²) in [5, 5.41) is 3.90. The highest BCUT2D eigenvalue weighted by atomic mass is 19.1. The topological polar surface area (TPSA) is 15.3 Å². The second-order valence-corrected chi connectivity index (χ2v) is 7.36. The molecule has 1 saturated heterocycles. The molecule has 2 aliphatic rings. The average molecular weight is 304 g/mol. The Hall–Kier alpha value is -0.930. The molecule has 2 atom stereocenters. The average Bonchev–Trinajstić information content (AvgIpc) is 2.47. The lowest BCUT2D eigenvalue weighted by Crippen LogP contribution is -2.51. The van der Waals surface area contributed by atoms with Crippen LogP contribution < -0.4 is 5.32 Å². The molecule has 22 heavy (non-hydrogen) atoms. The highest BCUT2D eigenvalue weighted by Gasteiger charge is 2.27. The van der Waals surface area contributed by atoms with E-state index >= 15 is 0 Å². The molecular weight excluding hydrogens is 275 g/mol. The second kappa shape index (κ2) is 7.56. The van der Waals surface area contributed by atoms with Gasteiger partial charge in [0, 0.05) is 25.2 Å². The summed E-state index contributed by atoms with van der Waals surface area (Å²) < 4.78 is 13.4. The van der Waals surface area contributed by atoms with Crippen LogP contribution in [0.3, 0.4) is 0 Å². The van der Waals surface area contributed by atoms with E-state index in [1.54, 1.807) is 6.07 Å². The molecule has 1 aromatic rings. The zero-order valence-electron chi connectivity index (χ0n) is 13.7. The van der Waals surface area contributed by atoms with E-state index in [1.165, 1.54) is 44.6 Å². The van der Waals surface area contributed by atoms with E-state index < -0.39 is 0 Å². The lowest BCUT2D eigenvalue weighted by molar-refractivity contribution is 0.155. The molecule has 3 rings (SSSR count). The van der Waals surface area contributed by atoms with Crippen LogP contribution in [-0.2, 0) is 6.42 Å². The standard InChI is InChI=1S/C19H29FN2/c1-22-13-16(10-15-6-5-7-17(20)11-15)12-19(14-22)21-18-8-3-2-4-9-18/h5-7,11,16,18-19,21H,2-4,8-10,12-14H2,1H3. The van der Waals surface area contributed by atoms with Gasteiger partial charge >= 0.3 is 0 Å². The van der Waals surface area contributed by atoms with Crippen LogP contribution in [0.5, 0.6) is 0 Å². The molecule has 1 aliphatic carbocycles. The summed E-state index contributed by atoms with van der Waals surface area (Å²) >= 11 is 0. The molecule has 3 heteroatoms. The minimum atomic E-state index is -0.112. The highest BCUT2D eigenvalue weighted by molar-refractivity contribution is 5.17. The molecule has 1 aliphatic heterocycles. The zero-order chi connectivity index (χ0) is 15.4. The van der Waals surface area contributed by atoms with Crippen molar-refractivity contribution in [2.75, 3.05) is 20.1 Å². The maximum absolute atomic E-state index is 13.4. The molecule has 0 radical (unpaired) electrons. The van der Waals surface area contributed by atoms with E-state index in [4.69, 9.17) is 0 Å². The summed E-state index contributed by atoms with van der Waals surface area (Å²) in [6.45, 7) is 2.27. The van der Waals surface area contributed by atoms with Gasteiger partial charge < -0.3 is 10.2 Å². The molecule has 1 N–H and O–H groups in total. The first-order chi connectivity index (χ1) is 10.7. The Kier molecular flexibility index (Phi) is 5.48. The third-order valence-corrected chi connectivity index (χ3v) is 5.21. The number of likely N-dealkylation sites (N-methyl/N-ethyl adjacent to an activating group) is 1. The molecule has 1 heterocycles. The lowest BCUT2D eigenvalue weighted by Gasteiger charge is -2.38. The third-order valence-electron chi connectivity index (χ3n) is 5.21. The largest absolute Gasteiger partial charge is 0.310 e. The van der Waals surface area contributed by atoms with Crippen molar-refractivity contribution in [3.05, 3.63) is 35.6 Å². The van der Waals surface area contributed by atoms with E-state index in [2.05, 4.69) is 23.3 Å². The van der Waals surface area contributed by atoms with Gasteiger partial charge in [0.15, 0.2) is 0 Å². The maximum Gasteiger partial charge on any atom is 0.123 e. The Balaban J connectivity index is 1.55. The van der Waals surface area contributed by atoms with Gasteiger partial charge in [-0.15, -0.1) is 0 Å². The van der Waals surface area contributed by atoms with E-state index in [1.807, 2.05) is 6.07 Å². The number of rotatable bonds is 4. The number of hydrogen-bond donors (Lipinski definition) is 1. The number of piperidine rings is 1. The fourth-order valence-corrected chi connectivity index (χ4v) is 4.31. The van der Waals surface area contributed by atoms with Crippen molar-refractivity contribution in [1.29, 1.82) is 0 Å². The van der Waals surface area contributed by atoms with Crippen molar-refractivity contribution in [2.45, 2.75) is 57.0 Å². The van der Waals surface area contributed by atoms with Crippen molar-refractivity contribution in [3.63, 3.8) is 0 Å². The van der Waals surface area contributed by atoms with Gasteiger partial charge in [0.1, 0.15) is 5.82 Å². The molecule has 0 amide bonds. The van der Waals surface area contributed by atoms with Gasteiger partial charge in [-0.3, -0.25) is 0 Å². The summed E-state index contributed by atoms with van der Waals surface area (Å²) in [5.41, 5.74) is 1.14. The van der Waals surface area contributed by atoms with Gasteiger partial charge in [-0.1, -0.05) is 31.4 Å². The summed E-state index contributed by atoms with van der Waals surface area (Å²) in [6, 6.07) is 8.43. The molecule has 122 valence electrons. The fraction of sp³-hybridized carbons (Fsp3) is 0.684. The van der Waals surface area contributed by atoms with Crippen LogP contribution in [0.25, 0.3) is 0 Å². The molecular formula is C19H29FN2. The molecule has 0 spiro atoms. The Bertz CT molecular complexity index is 470. The number of nitrogens with one attached hydrogen (secondary N) is 1. The predicted molar refractivity (Wildman–Crippen MR) is 89.5 cm³/mol. The first-order valence-corrected chi connectivity index (χ1v) is 8.88. The van der Waals surface area contributed by atoms with Crippen LogP contribution in [0.4, 0.5) is 4.39 Å². The molecule has 2 nitrogen and oxygen atoms in total. The number of likely N-dealkylation sites (tertiary alicyclic amines) is 1. The molecule has 2 fully saturated rings. The summed E-state index contributed by atoms with van der Waals surface area (Å²) in [4.78, 5) is 2.44. The Morgan fingerprint density at radius 3 is 2.73 bits per heavy atom. The van der Waals surface area contributed by atoms with Crippen LogP contribution in [0.15, 0.2) is 24.3 Å².